The Balaban J connectivity index is 2.43. The van der Waals surface area contributed by atoms with E-state index in [4.69, 9.17) is 9.99 Å². The summed E-state index contributed by atoms with van der Waals surface area (Å²) in [7, 11) is 0. The Morgan fingerprint density at radius 3 is 2.50 bits per heavy atom. The Hall–Kier alpha value is -1.06. The van der Waals surface area contributed by atoms with Gasteiger partial charge in [-0.1, -0.05) is 18.2 Å². The van der Waals surface area contributed by atoms with E-state index >= 15 is 0 Å². The number of ether oxygens (including phenoxy) is 1. The second-order valence-electron chi connectivity index (χ2n) is 1.70. The van der Waals surface area contributed by atoms with Gasteiger partial charge in [0.1, 0.15) is 5.75 Å². The maximum atomic E-state index is 7.90. The van der Waals surface area contributed by atoms with E-state index in [1.54, 1.807) is 12.1 Å². The molecule has 1 rings (SSSR count). The summed E-state index contributed by atoms with van der Waals surface area (Å²) in [5, 5.41) is 7.90. The molecule has 0 aromatic heterocycles. The van der Waals surface area contributed by atoms with Crippen LogP contribution in [0.15, 0.2) is 30.3 Å². The van der Waals surface area contributed by atoms with Gasteiger partial charge in [-0.2, -0.15) is 4.89 Å². The monoisotopic (exact) mass is 140 g/mol. The van der Waals surface area contributed by atoms with Crippen molar-refractivity contribution in [2.75, 3.05) is 6.79 Å². The van der Waals surface area contributed by atoms with Gasteiger partial charge in [0.25, 0.3) is 0 Å². The number of para-hydroxylation sites is 1. The van der Waals surface area contributed by atoms with E-state index in [1.165, 1.54) is 0 Å². The van der Waals surface area contributed by atoms with E-state index in [0.717, 1.165) is 0 Å². The molecule has 3 nitrogen and oxygen atoms in total. The molecule has 0 saturated carbocycles. The fraction of sp³-hybridized carbons (Fsp3) is 0.143. The molecule has 3 heteroatoms. The molecule has 0 amide bonds. The largest absolute Gasteiger partial charge is 0.465 e. The van der Waals surface area contributed by atoms with Gasteiger partial charge in [0.15, 0.2) is 0 Å². The summed E-state index contributed by atoms with van der Waals surface area (Å²) in [6.07, 6.45) is 0. The minimum absolute atomic E-state index is 0.135. The third-order valence-corrected chi connectivity index (χ3v) is 1.02. The van der Waals surface area contributed by atoms with E-state index in [2.05, 4.69) is 4.89 Å². The molecule has 0 aliphatic rings. The number of hydrogen-bond acceptors (Lipinski definition) is 3. The molecular weight excluding hydrogens is 132 g/mol. The van der Waals surface area contributed by atoms with Crippen molar-refractivity contribution < 1.29 is 14.9 Å². The lowest BCUT2D eigenvalue weighted by Crippen LogP contribution is -1.98. The second kappa shape index (κ2) is 3.87. The van der Waals surface area contributed by atoms with Crippen molar-refractivity contribution >= 4 is 0 Å². The summed E-state index contributed by atoms with van der Waals surface area (Å²) in [6, 6.07) is 9.12. The van der Waals surface area contributed by atoms with Crippen molar-refractivity contribution in [3.63, 3.8) is 0 Å². The highest BCUT2D eigenvalue weighted by molar-refractivity contribution is 5.20. The SMILES string of the molecule is OOCOc1ccccc1. The van der Waals surface area contributed by atoms with E-state index in [1.807, 2.05) is 18.2 Å². The Bertz CT molecular complexity index is 173. The molecule has 0 bridgehead atoms. The van der Waals surface area contributed by atoms with Crippen LogP contribution in [-0.4, -0.2) is 12.1 Å². The second-order valence-corrected chi connectivity index (χ2v) is 1.70. The Morgan fingerprint density at radius 2 is 1.90 bits per heavy atom. The van der Waals surface area contributed by atoms with Crippen molar-refractivity contribution in [3.05, 3.63) is 30.3 Å². The van der Waals surface area contributed by atoms with E-state index in [0.29, 0.717) is 5.75 Å². The summed E-state index contributed by atoms with van der Waals surface area (Å²) in [6.45, 7) is -0.135. The quantitative estimate of drug-likeness (QED) is 0.393. The highest BCUT2D eigenvalue weighted by Crippen LogP contribution is 2.07. The predicted molar refractivity (Wildman–Crippen MR) is 35.7 cm³/mol. The first kappa shape index (κ1) is 7.05. The summed E-state index contributed by atoms with van der Waals surface area (Å²) in [4.78, 5) is 3.72. The van der Waals surface area contributed by atoms with Gasteiger partial charge in [0.2, 0.25) is 6.79 Å². The van der Waals surface area contributed by atoms with Crippen LogP contribution in [0, 0.1) is 0 Å². The standard InChI is InChI=1S/C7H8O3/c8-10-6-9-7-4-2-1-3-5-7/h1-5,8H,6H2. The predicted octanol–water partition coefficient (Wildman–Crippen LogP) is 1.51. The van der Waals surface area contributed by atoms with Crippen LogP contribution in [0.5, 0.6) is 5.75 Å². The minimum Gasteiger partial charge on any atom is -0.465 e. The molecule has 0 heterocycles. The highest BCUT2D eigenvalue weighted by atomic mass is 17.1. The highest BCUT2D eigenvalue weighted by Gasteiger charge is 1.87. The first-order chi connectivity index (χ1) is 4.93. The maximum Gasteiger partial charge on any atom is 0.220 e. The molecule has 0 radical (unpaired) electrons. The molecule has 0 unspecified atom stereocenters. The van der Waals surface area contributed by atoms with Gasteiger partial charge in [-0.3, -0.25) is 0 Å². The normalized spacial score (nSPS) is 9.30. The van der Waals surface area contributed by atoms with Gasteiger partial charge < -0.3 is 4.74 Å². The fourth-order valence-electron chi connectivity index (χ4n) is 0.611. The third kappa shape index (κ3) is 2.05. The molecule has 0 spiro atoms. The van der Waals surface area contributed by atoms with Crippen LogP contribution in [0.4, 0.5) is 0 Å². The molecule has 0 aliphatic heterocycles. The topological polar surface area (TPSA) is 38.7 Å². The van der Waals surface area contributed by atoms with Gasteiger partial charge in [-0.15, -0.1) is 0 Å². The molecule has 10 heavy (non-hydrogen) atoms. The molecule has 1 N–H and O–H groups in total. The first-order valence-electron chi connectivity index (χ1n) is 2.87. The number of hydrogen-bond donors (Lipinski definition) is 1. The van der Waals surface area contributed by atoms with Crippen molar-refractivity contribution in [3.8, 4) is 5.75 Å². The van der Waals surface area contributed by atoms with Gasteiger partial charge in [-0.05, 0) is 12.1 Å². The van der Waals surface area contributed by atoms with E-state index in [-0.39, 0.29) is 6.79 Å². The zero-order valence-corrected chi connectivity index (χ0v) is 5.36. The summed E-state index contributed by atoms with van der Waals surface area (Å²) < 4.78 is 4.88. The number of rotatable bonds is 3. The molecular formula is C7H8O3. The fourth-order valence-corrected chi connectivity index (χ4v) is 0.611. The maximum absolute atomic E-state index is 7.90. The molecule has 1 aromatic rings. The molecule has 0 aliphatic carbocycles. The van der Waals surface area contributed by atoms with Crippen LogP contribution in [0.3, 0.4) is 0 Å². The smallest absolute Gasteiger partial charge is 0.220 e. The molecule has 0 saturated heterocycles. The van der Waals surface area contributed by atoms with Gasteiger partial charge >= 0.3 is 0 Å². The first-order valence-corrected chi connectivity index (χ1v) is 2.87. The van der Waals surface area contributed by atoms with Crippen LogP contribution in [-0.2, 0) is 4.89 Å². The Labute approximate surface area is 58.7 Å². The van der Waals surface area contributed by atoms with Crippen molar-refractivity contribution in [2.45, 2.75) is 0 Å². The summed E-state index contributed by atoms with van der Waals surface area (Å²) >= 11 is 0. The molecule has 54 valence electrons. The third-order valence-electron chi connectivity index (χ3n) is 1.02. The molecule has 1 aromatic carbocycles. The van der Waals surface area contributed by atoms with Crippen LogP contribution in [0.1, 0.15) is 0 Å². The van der Waals surface area contributed by atoms with Crippen LogP contribution in [0.25, 0.3) is 0 Å². The number of benzene rings is 1. The average Bonchev–Trinajstić information content (AvgIpc) is 2.03. The zero-order chi connectivity index (χ0) is 7.23. The summed E-state index contributed by atoms with van der Waals surface area (Å²) in [5.41, 5.74) is 0. The average molecular weight is 140 g/mol. The van der Waals surface area contributed by atoms with Crippen molar-refractivity contribution in [1.29, 1.82) is 0 Å². The van der Waals surface area contributed by atoms with E-state index in [9.17, 15) is 0 Å². The summed E-state index contributed by atoms with van der Waals surface area (Å²) in [5.74, 6) is 0.677. The van der Waals surface area contributed by atoms with Crippen LogP contribution >= 0.6 is 0 Å². The minimum atomic E-state index is -0.135. The van der Waals surface area contributed by atoms with E-state index < -0.39 is 0 Å². The van der Waals surface area contributed by atoms with Crippen molar-refractivity contribution in [2.24, 2.45) is 0 Å². The lowest BCUT2D eigenvalue weighted by molar-refractivity contribution is -0.278. The Morgan fingerprint density at radius 1 is 1.20 bits per heavy atom. The van der Waals surface area contributed by atoms with Gasteiger partial charge in [-0.25, -0.2) is 5.26 Å². The lowest BCUT2D eigenvalue weighted by Gasteiger charge is -2.00. The zero-order valence-electron chi connectivity index (χ0n) is 5.36. The van der Waals surface area contributed by atoms with Crippen LogP contribution < -0.4 is 4.74 Å². The lowest BCUT2D eigenvalue weighted by atomic mass is 10.3. The molecule has 0 atom stereocenters. The van der Waals surface area contributed by atoms with Crippen molar-refractivity contribution in [1.82, 2.24) is 0 Å². The van der Waals surface area contributed by atoms with Crippen LogP contribution in [0.2, 0.25) is 0 Å². The van der Waals surface area contributed by atoms with Gasteiger partial charge in [0.05, 0.1) is 0 Å². The van der Waals surface area contributed by atoms with Gasteiger partial charge in [0, 0.05) is 0 Å². The Kier molecular flexibility index (Phi) is 2.73. The molecule has 0 fully saturated rings.